The third-order valence-electron chi connectivity index (χ3n) is 2.52. The predicted octanol–water partition coefficient (Wildman–Crippen LogP) is 0.986. The fourth-order valence-corrected chi connectivity index (χ4v) is 1.47. The number of carbonyl (C=O) groups excluding carboxylic acids is 1. The zero-order valence-electron chi connectivity index (χ0n) is 10.8. The van der Waals surface area contributed by atoms with E-state index in [0.717, 1.165) is 0 Å². The summed E-state index contributed by atoms with van der Waals surface area (Å²) in [5.41, 5.74) is 0.239. The molecule has 0 heterocycles. The number of anilines is 1. The van der Waals surface area contributed by atoms with Crippen LogP contribution in [0.1, 0.15) is 13.3 Å². The van der Waals surface area contributed by atoms with Crippen molar-refractivity contribution in [2.24, 2.45) is 0 Å². The topological polar surface area (TPSA) is 122 Å². The quantitative estimate of drug-likeness (QED) is 0.506. The van der Waals surface area contributed by atoms with E-state index in [1.165, 1.54) is 19.1 Å². The van der Waals surface area contributed by atoms with Gasteiger partial charge in [-0.2, -0.15) is 0 Å². The smallest absolute Gasteiger partial charge is 0.325 e. The molecule has 0 aliphatic carbocycles. The number of hydrogen-bond donors (Lipinski definition) is 3. The molecule has 0 saturated carbocycles. The normalized spacial score (nSPS) is 11.4. The zero-order chi connectivity index (χ0) is 15.1. The van der Waals surface area contributed by atoms with Crippen molar-refractivity contribution in [2.75, 3.05) is 11.9 Å². The lowest BCUT2D eigenvalue weighted by Crippen LogP contribution is -2.38. The molecule has 0 saturated heterocycles. The number of carboxylic acids is 1. The molecule has 1 unspecified atom stereocenters. The van der Waals surface area contributed by atoms with Crippen LogP contribution < -0.4 is 10.6 Å². The highest BCUT2D eigenvalue weighted by Gasteiger charge is 2.15. The Morgan fingerprint density at radius 1 is 1.40 bits per heavy atom. The number of nitrogens with one attached hydrogen (secondary N) is 2. The van der Waals surface area contributed by atoms with E-state index in [4.69, 9.17) is 5.11 Å². The highest BCUT2D eigenvalue weighted by molar-refractivity contribution is 5.83. The van der Waals surface area contributed by atoms with Gasteiger partial charge in [-0.15, -0.1) is 0 Å². The molecule has 0 radical (unpaired) electrons. The van der Waals surface area contributed by atoms with Crippen molar-refractivity contribution in [2.45, 2.75) is 19.4 Å². The van der Waals surface area contributed by atoms with E-state index >= 15 is 0 Å². The van der Waals surface area contributed by atoms with Crippen LogP contribution in [0.25, 0.3) is 0 Å². The minimum absolute atomic E-state index is 0.0175. The monoisotopic (exact) mass is 281 g/mol. The average molecular weight is 281 g/mol. The van der Waals surface area contributed by atoms with Crippen LogP contribution in [0, 0.1) is 10.1 Å². The molecule has 1 aromatic carbocycles. The van der Waals surface area contributed by atoms with Crippen LogP contribution in [0.4, 0.5) is 11.4 Å². The molecule has 108 valence electrons. The number of nitro groups is 1. The van der Waals surface area contributed by atoms with Crippen molar-refractivity contribution < 1.29 is 19.6 Å². The minimum Gasteiger partial charge on any atom is -0.480 e. The lowest BCUT2D eigenvalue weighted by Gasteiger charge is -2.10. The minimum atomic E-state index is -1.12. The Morgan fingerprint density at radius 2 is 2.05 bits per heavy atom. The maximum atomic E-state index is 11.4. The van der Waals surface area contributed by atoms with E-state index < -0.39 is 22.8 Å². The number of benzene rings is 1. The first-order chi connectivity index (χ1) is 9.41. The number of amides is 1. The van der Waals surface area contributed by atoms with Crippen molar-refractivity contribution >= 4 is 23.3 Å². The molecular formula is C12H15N3O5. The summed E-state index contributed by atoms with van der Waals surface area (Å²) < 4.78 is 0. The first kappa shape index (κ1) is 15.4. The van der Waals surface area contributed by atoms with Crippen LogP contribution in [0.2, 0.25) is 0 Å². The van der Waals surface area contributed by atoms with Crippen LogP contribution in [0.15, 0.2) is 24.3 Å². The van der Waals surface area contributed by atoms with E-state index in [1.807, 2.05) is 0 Å². The molecule has 8 heteroatoms. The number of nitro benzene ring substituents is 1. The van der Waals surface area contributed by atoms with Crippen LogP contribution in [0.3, 0.4) is 0 Å². The summed E-state index contributed by atoms with van der Waals surface area (Å²) in [6.45, 7) is 1.53. The number of aliphatic carboxylic acids is 1. The van der Waals surface area contributed by atoms with Crippen molar-refractivity contribution in [1.82, 2.24) is 5.32 Å². The van der Waals surface area contributed by atoms with Gasteiger partial charge in [0.2, 0.25) is 5.91 Å². The summed E-state index contributed by atoms with van der Waals surface area (Å²) in [6, 6.07) is 5.12. The van der Waals surface area contributed by atoms with Crippen LogP contribution in [-0.4, -0.2) is 34.5 Å². The molecule has 20 heavy (non-hydrogen) atoms. The molecule has 0 aliphatic heterocycles. The first-order valence-electron chi connectivity index (χ1n) is 5.91. The maximum absolute atomic E-state index is 11.4. The Labute approximate surface area is 114 Å². The highest BCUT2D eigenvalue weighted by atomic mass is 16.6. The summed E-state index contributed by atoms with van der Waals surface area (Å²) in [5.74, 6) is -1.56. The van der Waals surface area contributed by atoms with E-state index in [-0.39, 0.29) is 18.7 Å². The lowest BCUT2D eigenvalue weighted by molar-refractivity contribution is -0.384. The summed E-state index contributed by atoms with van der Waals surface area (Å²) in [7, 11) is 0. The van der Waals surface area contributed by atoms with Gasteiger partial charge in [0.15, 0.2) is 0 Å². The molecule has 1 aromatic rings. The molecule has 8 nitrogen and oxygen atoms in total. The number of carboxylic acid groups (broad SMARTS) is 1. The summed E-state index contributed by atoms with van der Waals surface area (Å²) >= 11 is 0. The van der Waals surface area contributed by atoms with Crippen LogP contribution >= 0.6 is 0 Å². The molecule has 0 aromatic heterocycles. The molecule has 1 amide bonds. The Hall–Kier alpha value is -2.64. The van der Waals surface area contributed by atoms with Gasteiger partial charge >= 0.3 is 5.97 Å². The van der Waals surface area contributed by atoms with Gasteiger partial charge in [0.05, 0.1) is 4.92 Å². The Morgan fingerprint density at radius 3 is 2.65 bits per heavy atom. The van der Waals surface area contributed by atoms with E-state index in [2.05, 4.69) is 10.6 Å². The standard InChI is InChI=1S/C12H15N3O5/c1-8(12(17)18)14-11(16)6-7-13-9-4-2-3-5-10(9)15(19)20/h2-5,8,13H,6-7H2,1H3,(H,14,16)(H,17,18). The molecule has 1 atom stereocenters. The number of carbonyl (C=O) groups is 2. The van der Waals surface area contributed by atoms with Crippen LogP contribution in [0.5, 0.6) is 0 Å². The van der Waals surface area contributed by atoms with Crippen LogP contribution in [-0.2, 0) is 9.59 Å². The summed E-state index contributed by atoms with van der Waals surface area (Å²) in [5, 5.41) is 24.5. The molecule has 0 fully saturated rings. The highest BCUT2D eigenvalue weighted by Crippen LogP contribution is 2.22. The second kappa shape index (κ2) is 7.07. The molecule has 1 rings (SSSR count). The predicted molar refractivity (Wildman–Crippen MR) is 71.4 cm³/mol. The number of hydrogen-bond acceptors (Lipinski definition) is 5. The number of rotatable bonds is 7. The zero-order valence-corrected chi connectivity index (χ0v) is 10.8. The summed E-state index contributed by atoms with van der Waals surface area (Å²) in [4.78, 5) is 32.2. The van der Waals surface area contributed by atoms with Gasteiger partial charge in [0, 0.05) is 19.0 Å². The lowest BCUT2D eigenvalue weighted by atomic mass is 10.2. The molecule has 3 N–H and O–H groups in total. The first-order valence-corrected chi connectivity index (χ1v) is 5.91. The average Bonchev–Trinajstić information content (AvgIpc) is 2.38. The van der Waals surface area contributed by atoms with Gasteiger partial charge in [0.1, 0.15) is 11.7 Å². The van der Waals surface area contributed by atoms with E-state index in [9.17, 15) is 19.7 Å². The molecule has 0 aliphatic rings. The van der Waals surface area contributed by atoms with Gasteiger partial charge in [-0.25, -0.2) is 0 Å². The Bertz CT molecular complexity index is 518. The Kier molecular flexibility index (Phi) is 5.45. The largest absolute Gasteiger partial charge is 0.480 e. The molecule has 0 spiro atoms. The van der Waals surface area contributed by atoms with Crippen molar-refractivity contribution in [3.63, 3.8) is 0 Å². The van der Waals surface area contributed by atoms with Gasteiger partial charge in [-0.3, -0.25) is 19.7 Å². The van der Waals surface area contributed by atoms with E-state index in [1.54, 1.807) is 12.1 Å². The number of para-hydroxylation sites is 2. The van der Waals surface area contributed by atoms with E-state index in [0.29, 0.717) is 5.69 Å². The summed E-state index contributed by atoms with van der Waals surface area (Å²) in [6.07, 6.45) is 0.0175. The van der Waals surface area contributed by atoms with Gasteiger partial charge in [0.25, 0.3) is 5.69 Å². The second-order valence-corrected chi connectivity index (χ2v) is 4.08. The third-order valence-corrected chi connectivity index (χ3v) is 2.52. The molecule has 0 bridgehead atoms. The van der Waals surface area contributed by atoms with Gasteiger partial charge < -0.3 is 15.7 Å². The number of nitrogens with zero attached hydrogens (tertiary/aromatic N) is 1. The van der Waals surface area contributed by atoms with Gasteiger partial charge in [-0.1, -0.05) is 12.1 Å². The maximum Gasteiger partial charge on any atom is 0.325 e. The van der Waals surface area contributed by atoms with Crippen molar-refractivity contribution in [1.29, 1.82) is 0 Å². The third kappa shape index (κ3) is 4.56. The fourth-order valence-electron chi connectivity index (χ4n) is 1.47. The van der Waals surface area contributed by atoms with Crippen molar-refractivity contribution in [3.8, 4) is 0 Å². The SMILES string of the molecule is CC(NC(=O)CCNc1ccccc1[N+](=O)[O-])C(=O)O. The second-order valence-electron chi connectivity index (χ2n) is 4.08. The van der Waals surface area contributed by atoms with Crippen molar-refractivity contribution in [3.05, 3.63) is 34.4 Å². The Balaban J connectivity index is 2.47. The fraction of sp³-hybridized carbons (Fsp3) is 0.333. The van der Waals surface area contributed by atoms with Gasteiger partial charge in [-0.05, 0) is 13.0 Å². The molecular weight excluding hydrogens is 266 g/mol.